The zero-order valence-corrected chi connectivity index (χ0v) is 18.3. The molecule has 1 aromatic carbocycles. The van der Waals surface area contributed by atoms with Crippen LogP contribution in [0.1, 0.15) is 50.7 Å². The van der Waals surface area contributed by atoms with Gasteiger partial charge in [-0.2, -0.15) is 0 Å². The molecule has 7 heteroatoms. The molecular formula is C20H28IN3O3. The number of aliphatic hydroxyl groups is 1. The zero-order chi connectivity index (χ0) is 18.6. The summed E-state index contributed by atoms with van der Waals surface area (Å²) in [6.45, 7) is 7.14. The summed E-state index contributed by atoms with van der Waals surface area (Å²) in [6.07, 6.45) is 1.60. The summed E-state index contributed by atoms with van der Waals surface area (Å²) in [7, 11) is 0. The van der Waals surface area contributed by atoms with Crippen molar-refractivity contribution in [2.75, 3.05) is 13.1 Å². The Morgan fingerprint density at radius 1 is 1.30 bits per heavy atom. The van der Waals surface area contributed by atoms with Crippen LogP contribution in [0.4, 0.5) is 0 Å². The van der Waals surface area contributed by atoms with Gasteiger partial charge in [-0.05, 0) is 39.0 Å². The fourth-order valence-corrected chi connectivity index (χ4v) is 3.16. The van der Waals surface area contributed by atoms with E-state index >= 15 is 0 Å². The number of aliphatic imine (C=N–C) groups is 1. The molecule has 6 nitrogen and oxygen atoms in total. The Labute approximate surface area is 177 Å². The number of benzene rings is 1. The second-order valence-corrected chi connectivity index (χ2v) is 7.05. The number of rotatable bonds is 5. The van der Waals surface area contributed by atoms with Crippen molar-refractivity contribution in [3.05, 3.63) is 54.0 Å². The van der Waals surface area contributed by atoms with Crippen LogP contribution in [0.3, 0.4) is 0 Å². The highest BCUT2D eigenvalue weighted by Gasteiger charge is 2.34. The van der Waals surface area contributed by atoms with Crippen LogP contribution in [0.25, 0.3) is 0 Å². The Bertz CT molecular complexity index is 747. The summed E-state index contributed by atoms with van der Waals surface area (Å²) < 4.78 is 11.3. The molecule has 2 aromatic rings. The summed E-state index contributed by atoms with van der Waals surface area (Å²) in [5.74, 6) is 2.07. The van der Waals surface area contributed by atoms with Gasteiger partial charge in [0.1, 0.15) is 23.2 Å². The molecule has 0 amide bonds. The number of ether oxygens (including phenoxy) is 1. The molecule has 1 aromatic heterocycles. The number of nitrogens with one attached hydrogen (secondary N) is 2. The number of furan rings is 1. The maximum atomic E-state index is 10.2. The van der Waals surface area contributed by atoms with Gasteiger partial charge in [-0.1, -0.05) is 18.2 Å². The van der Waals surface area contributed by atoms with Gasteiger partial charge < -0.3 is 24.9 Å². The molecule has 1 aliphatic rings. The molecule has 0 aliphatic carbocycles. The van der Waals surface area contributed by atoms with Crippen molar-refractivity contribution in [2.45, 2.75) is 44.9 Å². The minimum absolute atomic E-state index is 0. The Hall–Kier alpha value is -1.74. The van der Waals surface area contributed by atoms with Crippen LogP contribution in [0.5, 0.6) is 5.75 Å². The van der Waals surface area contributed by atoms with Crippen LogP contribution >= 0.6 is 24.0 Å². The van der Waals surface area contributed by atoms with Gasteiger partial charge in [-0.15, -0.1) is 24.0 Å². The van der Waals surface area contributed by atoms with Crippen LogP contribution in [0.2, 0.25) is 0 Å². The van der Waals surface area contributed by atoms with E-state index in [0.29, 0.717) is 11.7 Å². The molecule has 148 valence electrons. The van der Waals surface area contributed by atoms with E-state index in [0.717, 1.165) is 24.3 Å². The minimum Gasteiger partial charge on any atom is -0.487 e. The summed E-state index contributed by atoms with van der Waals surface area (Å²) in [5.41, 5.74) is 0.848. The van der Waals surface area contributed by atoms with E-state index in [9.17, 15) is 5.11 Å². The van der Waals surface area contributed by atoms with Crippen LogP contribution < -0.4 is 15.4 Å². The number of guanidine groups is 1. The smallest absolute Gasteiger partial charge is 0.191 e. The first-order chi connectivity index (χ1) is 12.5. The summed E-state index contributed by atoms with van der Waals surface area (Å²) in [5, 5.41) is 16.9. The van der Waals surface area contributed by atoms with Crippen LogP contribution in [-0.4, -0.2) is 29.8 Å². The van der Waals surface area contributed by atoms with Gasteiger partial charge in [0.15, 0.2) is 5.96 Å². The fraction of sp³-hybridized carbons (Fsp3) is 0.450. The number of hydrogen-bond acceptors (Lipinski definition) is 4. The molecule has 3 N–H and O–H groups in total. The Kier molecular flexibility index (Phi) is 7.55. The van der Waals surface area contributed by atoms with Crippen molar-refractivity contribution in [2.24, 2.45) is 4.99 Å². The van der Waals surface area contributed by atoms with Gasteiger partial charge in [0, 0.05) is 18.5 Å². The van der Waals surface area contributed by atoms with Gasteiger partial charge in [0.05, 0.1) is 18.8 Å². The number of para-hydroxylation sites is 1. The summed E-state index contributed by atoms with van der Waals surface area (Å²) in [6, 6.07) is 11.6. The van der Waals surface area contributed by atoms with Crippen molar-refractivity contribution in [1.82, 2.24) is 10.6 Å². The maximum Gasteiger partial charge on any atom is 0.191 e. The van der Waals surface area contributed by atoms with Gasteiger partial charge >= 0.3 is 0 Å². The zero-order valence-electron chi connectivity index (χ0n) is 15.9. The molecule has 1 aliphatic heterocycles. The average Bonchev–Trinajstić information content (AvgIpc) is 3.13. The molecule has 0 spiro atoms. The van der Waals surface area contributed by atoms with Crippen molar-refractivity contribution in [3.8, 4) is 5.75 Å². The standard InChI is InChI=1S/C20H27N3O3.HI/c1-4-21-19(22-13-16(24)18-10-7-11-25-18)23-15-12-20(2,3)26-17-9-6-5-8-14(15)17;/h5-11,15-16,24H,4,12-13H2,1-3H3,(H2,21,22,23);1H. The molecule has 3 rings (SSSR count). The molecule has 0 radical (unpaired) electrons. The quantitative estimate of drug-likeness (QED) is 0.341. The number of fused-ring (bicyclic) bond motifs is 1. The van der Waals surface area contributed by atoms with E-state index in [1.807, 2.05) is 25.1 Å². The predicted octanol–water partition coefficient (Wildman–Crippen LogP) is 3.79. The SMILES string of the molecule is CCNC(=NCC(O)c1ccco1)NC1CC(C)(C)Oc2ccccc21.I. The maximum absolute atomic E-state index is 10.2. The average molecular weight is 485 g/mol. The molecule has 2 unspecified atom stereocenters. The van der Waals surface area contributed by atoms with Crippen LogP contribution in [0, 0.1) is 0 Å². The molecule has 0 saturated carbocycles. The van der Waals surface area contributed by atoms with Gasteiger partial charge in [-0.25, -0.2) is 0 Å². The highest BCUT2D eigenvalue weighted by atomic mass is 127. The molecule has 0 bridgehead atoms. The molecule has 2 atom stereocenters. The monoisotopic (exact) mass is 485 g/mol. The third-order valence-corrected chi connectivity index (χ3v) is 4.33. The van der Waals surface area contributed by atoms with Crippen molar-refractivity contribution in [1.29, 1.82) is 0 Å². The third kappa shape index (κ3) is 5.62. The van der Waals surface area contributed by atoms with E-state index in [2.05, 4.69) is 35.5 Å². The topological polar surface area (TPSA) is 79.0 Å². The lowest BCUT2D eigenvalue weighted by Gasteiger charge is -2.38. The lowest BCUT2D eigenvalue weighted by Crippen LogP contribution is -2.45. The Morgan fingerprint density at radius 2 is 2.07 bits per heavy atom. The van der Waals surface area contributed by atoms with Gasteiger partial charge in [-0.3, -0.25) is 4.99 Å². The lowest BCUT2D eigenvalue weighted by molar-refractivity contribution is 0.0693. The fourth-order valence-electron chi connectivity index (χ4n) is 3.16. The lowest BCUT2D eigenvalue weighted by atomic mass is 9.90. The van der Waals surface area contributed by atoms with Crippen LogP contribution in [-0.2, 0) is 0 Å². The molecule has 2 heterocycles. The van der Waals surface area contributed by atoms with Gasteiger partial charge in [0.2, 0.25) is 0 Å². The van der Waals surface area contributed by atoms with E-state index in [-0.39, 0.29) is 42.2 Å². The second-order valence-electron chi connectivity index (χ2n) is 7.05. The first kappa shape index (κ1) is 21.6. The first-order valence-corrected chi connectivity index (χ1v) is 9.03. The van der Waals surface area contributed by atoms with Gasteiger partial charge in [0.25, 0.3) is 0 Å². The number of nitrogens with zero attached hydrogens (tertiary/aromatic N) is 1. The normalized spacial score (nSPS) is 19.3. The first-order valence-electron chi connectivity index (χ1n) is 9.03. The number of hydrogen-bond donors (Lipinski definition) is 3. The Morgan fingerprint density at radius 3 is 2.78 bits per heavy atom. The minimum atomic E-state index is -0.765. The second kappa shape index (κ2) is 9.45. The number of halogens is 1. The van der Waals surface area contributed by atoms with Crippen molar-refractivity contribution < 1.29 is 14.3 Å². The summed E-state index contributed by atoms with van der Waals surface area (Å²) in [4.78, 5) is 4.53. The highest BCUT2D eigenvalue weighted by Crippen LogP contribution is 2.39. The van der Waals surface area contributed by atoms with Crippen molar-refractivity contribution >= 4 is 29.9 Å². The summed E-state index contributed by atoms with van der Waals surface area (Å²) >= 11 is 0. The molecule has 27 heavy (non-hydrogen) atoms. The van der Waals surface area contributed by atoms with E-state index < -0.39 is 6.10 Å². The molecular weight excluding hydrogens is 457 g/mol. The molecule has 0 saturated heterocycles. The highest BCUT2D eigenvalue weighted by molar-refractivity contribution is 14.0. The molecule has 0 fully saturated rings. The van der Waals surface area contributed by atoms with Crippen LogP contribution in [0.15, 0.2) is 52.1 Å². The number of aliphatic hydroxyl groups excluding tert-OH is 1. The van der Waals surface area contributed by atoms with E-state index in [1.54, 1.807) is 18.4 Å². The third-order valence-electron chi connectivity index (χ3n) is 4.33. The van der Waals surface area contributed by atoms with E-state index in [1.165, 1.54) is 0 Å². The largest absolute Gasteiger partial charge is 0.487 e. The predicted molar refractivity (Wildman–Crippen MR) is 117 cm³/mol. The van der Waals surface area contributed by atoms with Crippen molar-refractivity contribution in [3.63, 3.8) is 0 Å². The van der Waals surface area contributed by atoms with E-state index in [4.69, 9.17) is 9.15 Å². The Balaban J connectivity index is 0.00000261.